The van der Waals surface area contributed by atoms with Gasteiger partial charge in [-0.25, -0.2) is 4.98 Å². The molecule has 3 N–H and O–H groups in total. The monoisotopic (exact) mass is 342 g/mol. The summed E-state index contributed by atoms with van der Waals surface area (Å²) in [5.74, 6) is -1.97. The van der Waals surface area contributed by atoms with Crippen molar-refractivity contribution >= 4 is 45.7 Å². The Morgan fingerprint density at radius 1 is 1.17 bits per heavy atom. The molecule has 24 heavy (non-hydrogen) atoms. The van der Waals surface area contributed by atoms with Gasteiger partial charge in [-0.15, -0.1) is 0 Å². The summed E-state index contributed by atoms with van der Waals surface area (Å²) in [6, 6.07) is 14.9. The Labute approximate surface area is 142 Å². The predicted octanol–water partition coefficient (Wildman–Crippen LogP) is 4.02. The second kappa shape index (κ2) is 6.67. The van der Waals surface area contributed by atoms with Gasteiger partial charge in [0.15, 0.2) is 10.6 Å². The molecule has 0 spiro atoms. The summed E-state index contributed by atoms with van der Waals surface area (Å²) in [6.07, 6.45) is -0.385. The van der Waals surface area contributed by atoms with E-state index in [4.69, 9.17) is 21.7 Å². The van der Waals surface area contributed by atoms with Gasteiger partial charge >= 0.3 is 5.97 Å². The zero-order valence-corrected chi connectivity index (χ0v) is 13.3. The van der Waals surface area contributed by atoms with E-state index in [2.05, 4.69) is 10.3 Å². The van der Waals surface area contributed by atoms with Crippen LogP contribution in [-0.2, 0) is 4.79 Å². The van der Waals surface area contributed by atoms with Crippen LogP contribution in [0.25, 0.3) is 11.1 Å². The summed E-state index contributed by atoms with van der Waals surface area (Å²) < 4.78 is 5.71. The molecule has 7 heteroatoms. The number of hydrogen-bond donors (Lipinski definition) is 3. The van der Waals surface area contributed by atoms with Crippen LogP contribution >= 0.6 is 12.2 Å². The maximum atomic E-state index is 11.0. The van der Waals surface area contributed by atoms with E-state index in [-0.39, 0.29) is 12.3 Å². The molecule has 1 atom stereocenters. The van der Waals surface area contributed by atoms with Crippen molar-refractivity contribution in [3.8, 4) is 0 Å². The van der Waals surface area contributed by atoms with E-state index in [1.807, 2.05) is 42.5 Å². The third-order valence-electron chi connectivity index (χ3n) is 3.46. The number of thiocarbonyl (C=S) groups is 1. The molecule has 1 aromatic heterocycles. The summed E-state index contributed by atoms with van der Waals surface area (Å²) in [7, 11) is 0. The first-order valence-electron chi connectivity index (χ1n) is 7.20. The lowest BCUT2D eigenvalue weighted by atomic mass is 10.1. The Morgan fingerprint density at radius 2 is 1.92 bits per heavy atom. The first-order chi connectivity index (χ1) is 11.5. The highest BCUT2D eigenvalue weighted by atomic mass is 32.1. The number of aliphatic hydroxyl groups excluding tert-OH is 1. The summed E-state index contributed by atoms with van der Waals surface area (Å²) in [4.78, 5) is 15.2. The van der Waals surface area contributed by atoms with E-state index >= 15 is 0 Å². The van der Waals surface area contributed by atoms with E-state index in [0.29, 0.717) is 16.8 Å². The second-order valence-electron chi connectivity index (χ2n) is 5.19. The SMILES string of the molecule is O=C(O)CC(C(O)=S)c1nc2cccc(Nc3ccccc3)c2o1. The molecule has 6 nitrogen and oxygen atoms in total. The summed E-state index contributed by atoms with van der Waals surface area (Å²) in [5.41, 5.74) is 2.60. The number of carboxylic acid groups (broad SMARTS) is 1. The van der Waals surface area contributed by atoms with Crippen LogP contribution in [0.3, 0.4) is 0 Å². The van der Waals surface area contributed by atoms with Crippen molar-refractivity contribution in [3.63, 3.8) is 0 Å². The van der Waals surface area contributed by atoms with Crippen molar-refractivity contribution in [3.05, 3.63) is 54.4 Å². The van der Waals surface area contributed by atoms with Crippen LogP contribution in [0.1, 0.15) is 18.2 Å². The number of nitrogens with zero attached hydrogens (tertiary/aromatic N) is 1. The largest absolute Gasteiger partial charge is 0.501 e. The number of para-hydroxylation sites is 2. The molecule has 3 aromatic rings. The minimum Gasteiger partial charge on any atom is -0.501 e. The molecule has 1 unspecified atom stereocenters. The lowest BCUT2D eigenvalue weighted by molar-refractivity contribution is -0.137. The van der Waals surface area contributed by atoms with Crippen LogP contribution in [-0.4, -0.2) is 26.2 Å². The quantitative estimate of drug-likeness (QED) is 0.582. The standard InChI is InChI=1S/C17H14N2O4S/c20-14(21)9-11(17(22)24)16-19-13-8-4-7-12(15(13)23-16)18-10-5-2-1-3-6-10/h1-8,11,18H,9H2,(H,20,21)(H,22,24). The number of rotatable bonds is 6. The third-order valence-corrected chi connectivity index (χ3v) is 3.74. The fourth-order valence-electron chi connectivity index (χ4n) is 2.35. The van der Waals surface area contributed by atoms with E-state index < -0.39 is 16.9 Å². The average molecular weight is 342 g/mol. The van der Waals surface area contributed by atoms with Gasteiger partial charge < -0.3 is 19.9 Å². The number of hydrogen-bond acceptors (Lipinski definition) is 5. The zero-order valence-electron chi connectivity index (χ0n) is 12.5. The number of benzene rings is 2. The second-order valence-corrected chi connectivity index (χ2v) is 5.60. The molecular formula is C17H14N2O4S. The molecule has 0 saturated heterocycles. The molecule has 0 saturated carbocycles. The highest BCUT2D eigenvalue weighted by Crippen LogP contribution is 2.31. The van der Waals surface area contributed by atoms with E-state index in [1.165, 1.54) is 0 Å². The first kappa shape index (κ1) is 15.9. The van der Waals surface area contributed by atoms with Gasteiger partial charge in [0.05, 0.1) is 12.1 Å². The number of aliphatic carboxylic acids is 1. The van der Waals surface area contributed by atoms with Crippen molar-refractivity contribution in [2.75, 3.05) is 5.32 Å². The Morgan fingerprint density at radius 3 is 2.58 bits per heavy atom. The fraction of sp³-hybridized carbons (Fsp3) is 0.118. The van der Waals surface area contributed by atoms with Crippen molar-refractivity contribution < 1.29 is 19.4 Å². The smallest absolute Gasteiger partial charge is 0.304 e. The predicted molar refractivity (Wildman–Crippen MR) is 94.0 cm³/mol. The Bertz CT molecular complexity index is 892. The van der Waals surface area contributed by atoms with Crippen LogP contribution in [0.4, 0.5) is 11.4 Å². The van der Waals surface area contributed by atoms with Crippen LogP contribution < -0.4 is 5.32 Å². The number of nitrogens with one attached hydrogen (secondary N) is 1. The lowest BCUT2D eigenvalue weighted by Crippen LogP contribution is -2.14. The summed E-state index contributed by atoms with van der Waals surface area (Å²) in [5, 5.41) is 21.3. The first-order valence-corrected chi connectivity index (χ1v) is 7.61. The maximum Gasteiger partial charge on any atom is 0.304 e. The summed E-state index contributed by atoms with van der Waals surface area (Å²) >= 11 is 4.74. The molecule has 0 bridgehead atoms. The molecule has 0 radical (unpaired) electrons. The molecule has 2 aromatic carbocycles. The van der Waals surface area contributed by atoms with Gasteiger partial charge in [-0.05, 0) is 36.5 Å². The van der Waals surface area contributed by atoms with Gasteiger partial charge in [0.1, 0.15) is 11.4 Å². The summed E-state index contributed by atoms with van der Waals surface area (Å²) in [6.45, 7) is 0. The van der Waals surface area contributed by atoms with Crippen LogP contribution in [0.15, 0.2) is 52.9 Å². The van der Waals surface area contributed by atoms with Crippen LogP contribution in [0.5, 0.6) is 0 Å². The molecule has 0 fully saturated rings. The molecule has 0 aliphatic rings. The van der Waals surface area contributed by atoms with E-state index in [1.54, 1.807) is 6.07 Å². The van der Waals surface area contributed by atoms with Crippen molar-refractivity contribution in [1.29, 1.82) is 0 Å². The van der Waals surface area contributed by atoms with Gasteiger partial charge in [0.2, 0.25) is 5.89 Å². The molecule has 0 amide bonds. The lowest BCUT2D eigenvalue weighted by Gasteiger charge is -2.07. The van der Waals surface area contributed by atoms with E-state index in [9.17, 15) is 9.90 Å². The van der Waals surface area contributed by atoms with Crippen molar-refractivity contribution in [2.45, 2.75) is 12.3 Å². The molecule has 0 aliphatic heterocycles. The van der Waals surface area contributed by atoms with Crippen LogP contribution in [0.2, 0.25) is 0 Å². The molecular weight excluding hydrogens is 328 g/mol. The number of aliphatic hydroxyl groups is 1. The number of carbonyl (C=O) groups is 1. The van der Waals surface area contributed by atoms with Crippen LogP contribution in [0, 0.1) is 0 Å². The number of aromatic nitrogens is 1. The molecule has 0 aliphatic carbocycles. The minimum absolute atomic E-state index is 0.0854. The number of anilines is 2. The fourth-order valence-corrected chi connectivity index (χ4v) is 2.53. The normalized spacial score (nSPS) is 12.0. The topological polar surface area (TPSA) is 95.6 Å². The van der Waals surface area contributed by atoms with Crippen molar-refractivity contribution in [2.24, 2.45) is 0 Å². The third kappa shape index (κ3) is 3.36. The van der Waals surface area contributed by atoms with Gasteiger partial charge in [0.25, 0.3) is 0 Å². The Kier molecular flexibility index (Phi) is 4.43. The highest BCUT2D eigenvalue weighted by molar-refractivity contribution is 7.80. The average Bonchev–Trinajstić information content (AvgIpc) is 2.98. The van der Waals surface area contributed by atoms with Gasteiger partial charge in [-0.3, -0.25) is 4.79 Å². The number of oxazole rings is 1. The Hall–Kier alpha value is -2.93. The number of fused-ring (bicyclic) bond motifs is 1. The zero-order chi connectivity index (χ0) is 17.1. The maximum absolute atomic E-state index is 11.0. The van der Waals surface area contributed by atoms with Crippen molar-refractivity contribution in [1.82, 2.24) is 4.98 Å². The van der Waals surface area contributed by atoms with E-state index in [0.717, 1.165) is 5.69 Å². The highest BCUT2D eigenvalue weighted by Gasteiger charge is 2.26. The number of carboxylic acids is 1. The molecule has 3 rings (SSSR count). The molecule has 122 valence electrons. The Balaban J connectivity index is 2.00. The molecule has 1 heterocycles. The van der Waals surface area contributed by atoms with Gasteiger partial charge in [-0.1, -0.05) is 24.3 Å². The minimum atomic E-state index is -1.10. The van der Waals surface area contributed by atoms with Gasteiger partial charge in [-0.2, -0.15) is 0 Å². The van der Waals surface area contributed by atoms with Gasteiger partial charge in [0, 0.05) is 5.69 Å².